The molecule has 0 aromatic heterocycles. The van der Waals surface area contributed by atoms with E-state index >= 15 is 0 Å². The number of benzene rings is 1. The number of rotatable bonds is 5. The van der Waals surface area contributed by atoms with Crippen molar-refractivity contribution in [1.82, 2.24) is 0 Å². The largest absolute Gasteiger partial charge is 0.480 e. The lowest BCUT2D eigenvalue weighted by molar-refractivity contribution is -0.136. The van der Waals surface area contributed by atoms with Crippen molar-refractivity contribution in [2.45, 2.75) is 24.3 Å². The van der Waals surface area contributed by atoms with Crippen LogP contribution >= 0.6 is 0 Å². The van der Waals surface area contributed by atoms with Gasteiger partial charge >= 0.3 is 5.97 Å². The maximum Gasteiger partial charge on any atom is 0.321 e. The lowest BCUT2D eigenvalue weighted by atomic mass is 10.1. The highest BCUT2D eigenvalue weighted by Crippen LogP contribution is 2.18. The molecule has 0 saturated heterocycles. The number of carboxylic acid groups (broad SMARTS) is 1. The summed E-state index contributed by atoms with van der Waals surface area (Å²) in [4.78, 5) is 10.8. The van der Waals surface area contributed by atoms with Gasteiger partial charge in [-0.15, -0.1) is 0 Å². The van der Waals surface area contributed by atoms with Crippen molar-refractivity contribution in [3.8, 4) is 6.07 Å². The van der Waals surface area contributed by atoms with Crippen LogP contribution in [-0.2, 0) is 20.4 Å². The van der Waals surface area contributed by atoms with Gasteiger partial charge in [0.1, 0.15) is 5.82 Å². The minimum Gasteiger partial charge on any atom is -0.480 e. The van der Waals surface area contributed by atoms with E-state index in [1.165, 1.54) is 19.1 Å². The summed E-state index contributed by atoms with van der Waals surface area (Å²) in [6.45, 7) is 1.44. The molecule has 1 N–H and O–H groups in total. The van der Waals surface area contributed by atoms with Gasteiger partial charge in [-0.1, -0.05) is 13.0 Å². The maximum atomic E-state index is 13.6. The first-order chi connectivity index (χ1) is 8.81. The third-order valence-electron chi connectivity index (χ3n) is 2.62. The molecule has 0 heterocycles. The Morgan fingerprint density at radius 1 is 1.53 bits per heavy atom. The predicted octanol–water partition coefficient (Wildman–Crippen LogP) is 1.48. The van der Waals surface area contributed by atoms with Crippen LogP contribution in [0.2, 0.25) is 0 Å². The Morgan fingerprint density at radius 3 is 2.58 bits per heavy atom. The minimum absolute atomic E-state index is 0.0731. The highest BCUT2D eigenvalue weighted by molar-refractivity contribution is 7.92. The fourth-order valence-electron chi connectivity index (χ4n) is 1.63. The smallest absolute Gasteiger partial charge is 0.321 e. The van der Waals surface area contributed by atoms with E-state index in [0.29, 0.717) is 0 Å². The van der Waals surface area contributed by atoms with E-state index in [2.05, 4.69) is 0 Å². The van der Waals surface area contributed by atoms with Gasteiger partial charge in [-0.25, -0.2) is 12.8 Å². The highest BCUT2D eigenvalue weighted by Gasteiger charge is 2.31. The molecule has 1 aromatic rings. The van der Waals surface area contributed by atoms with Crippen molar-refractivity contribution in [3.05, 3.63) is 35.1 Å². The van der Waals surface area contributed by atoms with Crippen LogP contribution in [0.25, 0.3) is 0 Å². The summed E-state index contributed by atoms with van der Waals surface area (Å²) in [6, 6.07) is 5.12. The van der Waals surface area contributed by atoms with Crippen molar-refractivity contribution in [2.75, 3.05) is 0 Å². The summed E-state index contributed by atoms with van der Waals surface area (Å²) in [5, 5.41) is 15.8. The van der Waals surface area contributed by atoms with Crippen LogP contribution in [0.15, 0.2) is 18.2 Å². The van der Waals surface area contributed by atoms with Gasteiger partial charge in [0.15, 0.2) is 15.1 Å². The van der Waals surface area contributed by atoms with E-state index in [9.17, 15) is 17.6 Å². The first-order valence-corrected chi connectivity index (χ1v) is 7.16. The third kappa shape index (κ3) is 3.51. The third-order valence-corrected chi connectivity index (χ3v) is 4.73. The highest BCUT2D eigenvalue weighted by atomic mass is 32.2. The van der Waals surface area contributed by atoms with E-state index in [4.69, 9.17) is 10.4 Å². The molecule has 0 spiro atoms. The Kier molecular flexibility index (Phi) is 4.62. The van der Waals surface area contributed by atoms with Crippen LogP contribution in [0.5, 0.6) is 0 Å². The van der Waals surface area contributed by atoms with Crippen LogP contribution in [-0.4, -0.2) is 24.7 Å². The fraction of sp³-hybridized carbons (Fsp3) is 0.333. The zero-order chi connectivity index (χ0) is 14.6. The first-order valence-electron chi connectivity index (χ1n) is 5.44. The van der Waals surface area contributed by atoms with Gasteiger partial charge in [0.25, 0.3) is 0 Å². The lowest BCUT2D eigenvalue weighted by Crippen LogP contribution is -2.30. The topological polar surface area (TPSA) is 95.2 Å². The Morgan fingerprint density at radius 2 is 2.16 bits per heavy atom. The van der Waals surface area contributed by atoms with E-state index in [-0.39, 0.29) is 17.5 Å². The molecule has 1 rings (SSSR count). The maximum absolute atomic E-state index is 13.6. The summed E-state index contributed by atoms with van der Waals surface area (Å²) in [6.07, 6.45) is -0.0877. The molecule has 0 aliphatic rings. The number of halogens is 1. The van der Waals surface area contributed by atoms with Crippen LogP contribution in [0.1, 0.15) is 24.5 Å². The molecule has 0 aliphatic carbocycles. The molecular weight excluding hydrogens is 273 g/mol. The molecule has 7 heteroatoms. The van der Waals surface area contributed by atoms with E-state index in [1.807, 2.05) is 0 Å². The number of carboxylic acids is 1. The zero-order valence-electron chi connectivity index (χ0n) is 10.1. The Bertz CT molecular complexity index is 634. The van der Waals surface area contributed by atoms with Gasteiger partial charge in [-0.3, -0.25) is 4.79 Å². The minimum atomic E-state index is -3.99. The molecule has 1 unspecified atom stereocenters. The first kappa shape index (κ1) is 15.1. The quantitative estimate of drug-likeness (QED) is 0.884. The Labute approximate surface area is 110 Å². The average Bonchev–Trinajstić information content (AvgIpc) is 2.31. The Hall–Kier alpha value is -1.94. The second-order valence-electron chi connectivity index (χ2n) is 3.96. The number of hydrogen-bond donors (Lipinski definition) is 1. The predicted molar refractivity (Wildman–Crippen MR) is 65.5 cm³/mol. The van der Waals surface area contributed by atoms with E-state index in [0.717, 1.165) is 6.07 Å². The lowest BCUT2D eigenvalue weighted by Gasteiger charge is -2.11. The average molecular weight is 285 g/mol. The molecule has 0 fully saturated rings. The Balaban J connectivity index is 3.09. The molecule has 1 aromatic carbocycles. The molecule has 0 radical (unpaired) electrons. The number of carbonyl (C=O) groups is 1. The number of nitriles is 1. The SMILES string of the molecule is CCC(C(=O)O)S(=O)(=O)Cc1ccc(C#N)cc1F. The van der Waals surface area contributed by atoms with Gasteiger partial charge < -0.3 is 5.11 Å². The number of nitrogens with zero attached hydrogens (tertiary/aromatic N) is 1. The molecule has 5 nitrogen and oxygen atoms in total. The van der Waals surface area contributed by atoms with Gasteiger partial charge in [-0.2, -0.15) is 5.26 Å². The van der Waals surface area contributed by atoms with Crippen molar-refractivity contribution in [3.63, 3.8) is 0 Å². The van der Waals surface area contributed by atoms with Crippen LogP contribution in [0.3, 0.4) is 0 Å². The summed E-state index contributed by atoms with van der Waals surface area (Å²) in [7, 11) is -3.99. The number of sulfone groups is 1. The van der Waals surface area contributed by atoms with E-state index < -0.39 is 32.6 Å². The van der Waals surface area contributed by atoms with Crippen LogP contribution < -0.4 is 0 Å². The van der Waals surface area contributed by atoms with Crippen molar-refractivity contribution < 1.29 is 22.7 Å². The molecule has 0 amide bonds. The molecule has 0 bridgehead atoms. The zero-order valence-corrected chi connectivity index (χ0v) is 10.9. The summed E-state index contributed by atoms with van der Waals surface area (Å²) in [5.74, 6) is -2.98. The van der Waals surface area contributed by atoms with Crippen molar-refractivity contribution in [1.29, 1.82) is 5.26 Å². The van der Waals surface area contributed by atoms with Crippen molar-refractivity contribution >= 4 is 15.8 Å². The van der Waals surface area contributed by atoms with Gasteiger partial charge in [0.2, 0.25) is 0 Å². The number of hydrogen-bond acceptors (Lipinski definition) is 4. The van der Waals surface area contributed by atoms with Gasteiger partial charge in [0, 0.05) is 5.56 Å². The summed E-state index contributed by atoms with van der Waals surface area (Å²) >= 11 is 0. The monoisotopic (exact) mass is 285 g/mol. The molecule has 0 saturated carbocycles. The van der Waals surface area contributed by atoms with E-state index in [1.54, 1.807) is 6.07 Å². The van der Waals surface area contributed by atoms with Crippen LogP contribution in [0.4, 0.5) is 4.39 Å². The van der Waals surface area contributed by atoms with Gasteiger partial charge in [-0.05, 0) is 18.6 Å². The number of aliphatic carboxylic acids is 1. The molecule has 1 atom stereocenters. The fourth-order valence-corrected chi connectivity index (χ4v) is 3.32. The normalized spacial score (nSPS) is 12.7. The second-order valence-corrected chi connectivity index (χ2v) is 6.14. The molecule has 102 valence electrons. The summed E-state index contributed by atoms with van der Waals surface area (Å²) < 4.78 is 37.3. The van der Waals surface area contributed by atoms with Crippen LogP contribution in [0, 0.1) is 17.1 Å². The second kappa shape index (κ2) is 5.80. The standard InChI is InChI=1S/C12H12FNO4S/c1-2-11(12(15)16)19(17,18)7-9-4-3-8(6-14)5-10(9)13/h3-5,11H,2,7H2,1H3,(H,15,16). The molecule has 19 heavy (non-hydrogen) atoms. The van der Waals surface area contributed by atoms with Gasteiger partial charge in [0.05, 0.1) is 17.4 Å². The summed E-state index contributed by atoms with van der Waals surface area (Å²) in [5.41, 5.74) is -0.0670. The molecule has 0 aliphatic heterocycles. The molecular formula is C12H12FNO4S. The van der Waals surface area contributed by atoms with Crippen molar-refractivity contribution in [2.24, 2.45) is 0 Å².